The van der Waals surface area contributed by atoms with E-state index >= 15 is 4.39 Å². The molecule has 1 fully saturated rings. The summed E-state index contributed by atoms with van der Waals surface area (Å²) in [5.41, 5.74) is -2.34. The Labute approximate surface area is 266 Å². The largest absolute Gasteiger partial charge is 0.465 e. The number of anilines is 1. The first-order valence-corrected chi connectivity index (χ1v) is 14.6. The number of nitro benzene ring substituents is 1. The van der Waals surface area contributed by atoms with Gasteiger partial charge >= 0.3 is 5.97 Å². The Hall–Kier alpha value is -4.17. The first-order chi connectivity index (χ1) is 21.4. The highest BCUT2D eigenvalue weighted by atomic mass is 35.5. The van der Waals surface area contributed by atoms with Crippen molar-refractivity contribution in [3.63, 3.8) is 0 Å². The highest BCUT2D eigenvalue weighted by molar-refractivity contribution is 6.31. The molecule has 0 aliphatic carbocycles. The maximum absolute atomic E-state index is 15.8. The van der Waals surface area contributed by atoms with Gasteiger partial charge in [-0.05, 0) is 49.7 Å². The van der Waals surface area contributed by atoms with E-state index in [9.17, 15) is 34.9 Å². The molecule has 3 aromatic carbocycles. The van der Waals surface area contributed by atoms with Crippen molar-refractivity contribution in [3.8, 4) is 0 Å². The van der Waals surface area contributed by atoms with Crippen molar-refractivity contribution in [2.75, 3.05) is 19.0 Å². The minimum atomic E-state index is -1.84. The quantitative estimate of drug-likeness (QED) is 0.168. The van der Waals surface area contributed by atoms with E-state index in [4.69, 9.17) is 23.2 Å². The van der Waals surface area contributed by atoms with Crippen LogP contribution in [0.5, 0.6) is 0 Å². The molecule has 1 unspecified atom stereocenters. The highest BCUT2D eigenvalue weighted by Crippen LogP contribution is 2.59. The predicted octanol–water partition coefficient (Wildman–Crippen LogP) is 5.62. The number of ether oxygens (including phenoxy) is 1. The minimum absolute atomic E-state index is 0.0965. The molecule has 15 heteroatoms. The van der Waals surface area contributed by atoms with E-state index in [-0.39, 0.29) is 33.3 Å². The van der Waals surface area contributed by atoms with Crippen molar-refractivity contribution >= 4 is 46.5 Å². The lowest BCUT2D eigenvalue weighted by molar-refractivity contribution is -0.528. The number of methoxy groups -OCH3 is 1. The van der Waals surface area contributed by atoms with Gasteiger partial charge in [-0.1, -0.05) is 48.3 Å². The summed E-state index contributed by atoms with van der Waals surface area (Å²) in [5.74, 6) is -3.88. The first-order valence-electron chi connectivity index (χ1n) is 13.9. The molecule has 0 aromatic heterocycles. The fourth-order valence-corrected chi connectivity index (χ4v) is 7.20. The number of nitrogens with one attached hydrogen (secondary N) is 1. The summed E-state index contributed by atoms with van der Waals surface area (Å²) in [4.78, 5) is 51.4. The van der Waals surface area contributed by atoms with Crippen molar-refractivity contribution in [2.45, 2.75) is 49.4 Å². The lowest BCUT2D eigenvalue weighted by Crippen LogP contribution is -2.52. The monoisotopic (exact) mass is 660 g/mol. The van der Waals surface area contributed by atoms with Crippen LogP contribution in [0.2, 0.25) is 10.0 Å². The number of hydrogen-bond donors (Lipinski definition) is 2. The Balaban J connectivity index is 1.73. The van der Waals surface area contributed by atoms with Crippen molar-refractivity contribution in [1.82, 2.24) is 4.90 Å². The number of rotatable bonds is 9. The number of amides is 1. The number of halogens is 3. The number of nitro groups is 2. The Morgan fingerprint density at radius 1 is 1.18 bits per heavy atom. The second-order valence-corrected chi connectivity index (χ2v) is 11.7. The molecule has 1 amide bonds. The molecule has 2 aliphatic rings. The summed E-state index contributed by atoms with van der Waals surface area (Å²) in [6, 6.07) is 9.05. The molecule has 3 aromatic rings. The Morgan fingerprint density at radius 2 is 1.91 bits per heavy atom. The third-order valence-electron chi connectivity index (χ3n) is 8.52. The molecule has 2 heterocycles. The van der Waals surface area contributed by atoms with Crippen LogP contribution in [0, 0.1) is 26.0 Å². The van der Waals surface area contributed by atoms with Crippen LogP contribution >= 0.6 is 23.2 Å². The number of nitrogens with zero attached hydrogens (tertiary/aromatic N) is 3. The van der Waals surface area contributed by atoms with Crippen molar-refractivity contribution in [3.05, 3.63) is 113 Å². The lowest BCUT2D eigenvalue weighted by atomic mass is 9.73. The van der Waals surface area contributed by atoms with Gasteiger partial charge in [0, 0.05) is 32.8 Å². The van der Waals surface area contributed by atoms with Gasteiger partial charge in [0.1, 0.15) is 11.4 Å². The number of hydrogen-bond acceptors (Lipinski definition) is 9. The predicted molar refractivity (Wildman–Crippen MR) is 161 cm³/mol. The molecule has 2 N–H and O–H groups in total. The summed E-state index contributed by atoms with van der Waals surface area (Å²) < 4.78 is 20.5. The van der Waals surface area contributed by atoms with Crippen molar-refractivity contribution in [2.24, 2.45) is 0 Å². The highest BCUT2D eigenvalue weighted by Gasteiger charge is 2.71. The summed E-state index contributed by atoms with van der Waals surface area (Å²) in [5, 5.41) is 39.3. The third-order valence-corrected chi connectivity index (χ3v) is 9.05. The van der Waals surface area contributed by atoms with Crippen LogP contribution in [0.25, 0.3) is 0 Å². The lowest BCUT2D eigenvalue weighted by Gasteiger charge is -2.38. The molecule has 1 saturated heterocycles. The molecule has 0 saturated carbocycles. The van der Waals surface area contributed by atoms with Gasteiger partial charge in [0.15, 0.2) is 0 Å². The van der Waals surface area contributed by atoms with E-state index in [0.29, 0.717) is 17.7 Å². The maximum atomic E-state index is 15.8. The van der Waals surface area contributed by atoms with Gasteiger partial charge in [-0.2, -0.15) is 0 Å². The average molecular weight is 661 g/mol. The Bertz CT molecular complexity index is 1730. The molecular weight excluding hydrogens is 634 g/mol. The molecule has 0 radical (unpaired) electrons. The Morgan fingerprint density at radius 3 is 2.56 bits per heavy atom. The van der Waals surface area contributed by atoms with Crippen LogP contribution < -0.4 is 5.32 Å². The van der Waals surface area contributed by atoms with Crippen LogP contribution in [0.15, 0.2) is 54.6 Å². The van der Waals surface area contributed by atoms with Crippen LogP contribution in [-0.2, 0) is 15.1 Å². The van der Waals surface area contributed by atoms with Gasteiger partial charge in [-0.15, -0.1) is 0 Å². The molecule has 12 nitrogen and oxygen atoms in total. The van der Waals surface area contributed by atoms with Crippen LogP contribution in [0.1, 0.15) is 58.8 Å². The topological polar surface area (TPSA) is 165 Å². The number of aliphatic hydroxyl groups excluding tert-OH is 1. The van der Waals surface area contributed by atoms with Crippen LogP contribution in [-0.4, -0.2) is 57.5 Å². The van der Waals surface area contributed by atoms with Gasteiger partial charge in [0.05, 0.1) is 46.2 Å². The zero-order valence-electron chi connectivity index (χ0n) is 23.9. The number of likely N-dealkylation sites (tertiary alicyclic amines) is 1. The second-order valence-electron chi connectivity index (χ2n) is 10.8. The van der Waals surface area contributed by atoms with E-state index in [0.717, 1.165) is 13.2 Å². The molecule has 5 atom stereocenters. The number of aliphatic hydroxyl groups is 1. The average Bonchev–Trinajstić information content (AvgIpc) is 3.44. The minimum Gasteiger partial charge on any atom is -0.465 e. The Kier molecular flexibility index (Phi) is 8.82. The number of carbonyl (C=O) groups is 2. The van der Waals surface area contributed by atoms with Gasteiger partial charge in [-0.3, -0.25) is 29.9 Å². The summed E-state index contributed by atoms with van der Waals surface area (Å²) >= 11 is 12.4. The molecule has 2 aliphatic heterocycles. The number of esters is 1. The standard InChI is InChI=1S/C30H27Cl2FN4O8/c1-3-11-35-23(14-24(38)17-9-7-15(28(39)45-2)12-22(17)36(41)42)27(37(43)44)25(18-5-4-6-20(32)26(18)33)30(35)19-10-8-16(31)13-21(19)34-29(30)40/h4-10,12-13,23-25,27,38H,3,11,14H2,1-2H3,(H,34,40)/t23-,24?,25-,27+,30+/m0/s1. The van der Waals surface area contributed by atoms with E-state index in [1.165, 1.54) is 42.5 Å². The summed E-state index contributed by atoms with van der Waals surface area (Å²) in [6.45, 7) is 1.89. The van der Waals surface area contributed by atoms with Gasteiger partial charge in [-0.25, -0.2) is 9.18 Å². The number of fused-ring (bicyclic) bond motifs is 2. The zero-order valence-corrected chi connectivity index (χ0v) is 25.4. The van der Waals surface area contributed by atoms with E-state index < -0.39 is 69.3 Å². The fourth-order valence-electron chi connectivity index (χ4n) is 6.85. The van der Waals surface area contributed by atoms with E-state index in [1.54, 1.807) is 17.9 Å². The van der Waals surface area contributed by atoms with Crippen molar-refractivity contribution < 1.29 is 33.7 Å². The number of carbonyl (C=O) groups excluding carboxylic acids is 2. The van der Waals surface area contributed by atoms with E-state index in [1.807, 2.05) is 0 Å². The SMILES string of the molecule is CCCN1[C@@H](CC(O)c2ccc(C(=O)OC)cc2[N+](=O)[O-])[C@@H]([N+](=O)[O-])[C@H](c2cccc(Cl)c2F)[C@]12C(=O)Nc1cc(Cl)ccc12. The fraction of sp³-hybridized carbons (Fsp3) is 0.333. The van der Waals surface area contributed by atoms with Crippen LogP contribution in [0.3, 0.4) is 0 Å². The van der Waals surface area contributed by atoms with Crippen molar-refractivity contribution in [1.29, 1.82) is 0 Å². The molecule has 45 heavy (non-hydrogen) atoms. The van der Waals surface area contributed by atoms with Gasteiger partial charge in [0.25, 0.3) is 11.6 Å². The normalized spacial score (nSPS) is 23.1. The molecular formula is C30H27Cl2FN4O8. The van der Waals surface area contributed by atoms with Gasteiger partial charge < -0.3 is 15.2 Å². The molecule has 236 valence electrons. The van der Waals surface area contributed by atoms with Crippen LogP contribution in [0.4, 0.5) is 15.8 Å². The zero-order chi connectivity index (χ0) is 32.8. The smallest absolute Gasteiger partial charge is 0.338 e. The first kappa shape index (κ1) is 32.2. The summed E-state index contributed by atoms with van der Waals surface area (Å²) in [7, 11) is 1.11. The maximum Gasteiger partial charge on any atom is 0.338 e. The van der Waals surface area contributed by atoms with E-state index in [2.05, 4.69) is 10.1 Å². The third kappa shape index (κ3) is 5.19. The second kappa shape index (κ2) is 12.3. The molecule has 5 rings (SSSR count). The van der Waals surface area contributed by atoms with Gasteiger partial charge in [0.2, 0.25) is 6.04 Å². The molecule has 1 spiro atoms. The number of benzene rings is 3. The summed E-state index contributed by atoms with van der Waals surface area (Å²) in [6.07, 6.45) is -1.73. The molecule has 0 bridgehead atoms.